The number of nitrogens with zero attached hydrogens (tertiary/aromatic N) is 1. The van der Waals surface area contributed by atoms with E-state index in [0.717, 1.165) is 6.42 Å². The van der Waals surface area contributed by atoms with Crippen LogP contribution in [0.1, 0.15) is 32.3 Å². The van der Waals surface area contributed by atoms with Crippen LogP contribution in [0.25, 0.3) is 0 Å². The number of nitriles is 1. The molecule has 1 amide bonds. The fourth-order valence-corrected chi connectivity index (χ4v) is 1.50. The molecule has 0 unspecified atom stereocenters. The Kier molecular flexibility index (Phi) is 5.19. The molecule has 4 nitrogen and oxygen atoms in total. The average molecular weight is 246 g/mol. The van der Waals surface area contributed by atoms with E-state index in [1.54, 1.807) is 18.2 Å². The number of rotatable bonds is 5. The van der Waals surface area contributed by atoms with Gasteiger partial charge in [0.25, 0.3) is 0 Å². The van der Waals surface area contributed by atoms with E-state index in [-0.39, 0.29) is 5.91 Å². The van der Waals surface area contributed by atoms with Crippen LogP contribution in [0.15, 0.2) is 18.2 Å². The molecule has 0 aromatic heterocycles. The Labute approximate surface area is 108 Å². The Morgan fingerprint density at radius 1 is 1.50 bits per heavy atom. The molecule has 0 radical (unpaired) electrons. The van der Waals surface area contributed by atoms with Gasteiger partial charge in [0.2, 0.25) is 5.91 Å². The first-order valence-electron chi connectivity index (χ1n) is 5.94. The molecule has 0 saturated heterocycles. The third-order valence-electron chi connectivity index (χ3n) is 2.55. The van der Waals surface area contributed by atoms with Gasteiger partial charge in [0.15, 0.2) is 0 Å². The van der Waals surface area contributed by atoms with Crippen LogP contribution in [-0.4, -0.2) is 13.0 Å². The summed E-state index contributed by atoms with van der Waals surface area (Å²) in [7, 11) is 1.51. The number of nitrogens with one attached hydrogen (secondary N) is 1. The predicted molar refractivity (Wildman–Crippen MR) is 70.4 cm³/mol. The van der Waals surface area contributed by atoms with Crippen LogP contribution < -0.4 is 10.1 Å². The Hall–Kier alpha value is -2.02. The van der Waals surface area contributed by atoms with Crippen molar-refractivity contribution in [3.8, 4) is 11.8 Å². The van der Waals surface area contributed by atoms with Gasteiger partial charge in [-0.25, -0.2) is 0 Å². The number of hydrogen-bond acceptors (Lipinski definition) is 3. The van der Waals surface area contributed by atoms with Gasteiger partial charge in [0.05, 0.1) is 24.4 Å². The topological polar surface area (TPSA) is 62.1 Å². The van der Waals surface area contributed by atoms with Crippen molar-refractivity contribution in [2.45, 2.75) is 26.7 Å². The normalized spacial score (nSPS) is 9.94. The van der Waals surface area contributed by atoms with Crippen LogP contribution in [0.3, 0.4) is 0 Å². The average Bonchev–Trinajstić information content (AvgIpc) is 2.36. The lowest BCUT2D eigenvalue weighted by Crippen LogP contribution is -2.13. The molecule has 0 spiro atoms. The van der Waals surface area contributed by atoms with Crippen LogP contribution in [0, 0.1) is 17.2 Å². The first-order valence-corrected chi connectivity index (χ1v) is 5.94. The van der Waals surface area contributed by atoms with Crippen LogP contribution >= 0.6 is 0 Å². The molecule has 0 heterocycles. The Bertz CT molecular complexity index is 461. The summed E-state index contributed by atoms with van der Waals surface area (Å²) in [6.45, 7) is 4.16. The minimum Gasteiger partial charge on any atom is -0.495 e. The standard InChI is InChI=1S/C14H18N2O2/c1-10(2)4-7-14(17)16-12-6-5-11(9-15)8-13(12)18-3/h5-6,8,10H,4,7H2,1-3H3,(H,16,17). The molecule has 1 N–H and O–H groups in total. The van der Waals surface area contributed by atoms with Gasteiger partial charge in [0, 0.05) is 12.5 Å². The van der Waals surface area contributed by atoms with Gasteiger partial charge < -0.3 is 10.1 Å². The summed E-state index contributed by atoms with van der Waals surface area (Å²) >= 11 is 0. The summed E-state index contributed by atoms with van der Waals surface area (Å²) in [5.41, 5.74) is 1.11. The van der Waals surface area contributed by atoms with Crippen molar-refractivity contribution in [1.82, 2.24) is 0 Å². The maximum atomic E-state index is 11.7. The van der Waals surface area contributed by atoms with Crippen LogP contribution in [0.4, 0.5) is 5.69 Å². The first kappa shape index (κ1) is 14.0. The number of carbonyl (C=O) groups is 1. The highest BCUT2D eigenvalue weighted by molar-refractivity contribution is 5.92. The van der Waals surface area contributed by atoms with E-state index in [4.69, 9.17) is 10.00 Å². The smallest absolute Gasteiger partial charge is 0.224 e. The zero-order chi connectivity index (χ0) is 13.5. The van der Waals surface area contributed by atoms with E-state index in [2.05, 4.69) is 19.2 Å². The molecule has 0 saturated carbocycles. The van der Waals surface area contributed by atoms with E-state index in [1.807, 2.05) is 6.07 Å². The van der Waals surface area contributed by atoms with E-state index < -0.39 is 0 Å². The maximum absolute atomic E-state index is 11.7. The second-order valence-corrected chi connectivity index (χ2v) is 4.51. The lowest BCUT2D eigenvalue weighted by molar-refractivity contribution is -0.116. The van der Waals surface area contributed by atoms with Crippen LogP contribution in [-0.2, 0) is 4.79 Å². The van der Waals surface area contributed by atoms with Crippen molar-refractivity contribution in [3.63, 3.8) is 0 Å². The monoisotopic (exact) mass is 246 g/mol. The van der Waals surface area contributed by atoms with Crippen LogP contribution in [0.2, 0.25) is 0 Å². The lowest BCUT2D eigenvalue weighted by Gasteiger charge is -2.11. The third kappa shape index (κ3) is 4.10. The fraction of sp³-hybridized carbons (Fsp3) is 0.429. The van der Waals surface area contributed by atoms with E-state index >= 15 is 0 Å². The van der Waals surface area contributed by atoms with E-state index in [9.17, 15) is 4.79 Å². The summed E-state index contributed by atoms with van der Waals surface area (Å²) in [4.78, 5) is 11.7. The van der Waals surface area contributed by atoms with Crippen molar-refractivity contribution < 1.29 is 9.53 Å². The molecule has 0 aliphatic heterocycles. The van der Waals surface area contributed by atoms with Crippen molar-refractivity contribution in [2.75, 3.05) is 12.4 Å². The Balaban J connectivity index is 2.72. The molecular formula is C14H18N2O2. The molecule has 96 valence electrons. The van der Waals surface area contributed by atoms with Crippen molar-refractivity contribution in [3.05, 3.63) is 23.8 Å². The summed E-state index contributed by atoms with van der Waals surface area (Å²) in [5.74, 6) is 0.970. The highest BCUT2D eigenvalue weighted by Crippen LogP contribution is 2.25. The molecule has 1 aromatic carbocycles. The molecule has 1 aromatic rings. The Morgan fingerprint density at radius 2 is 2.22 bits per heavy atom. The number of carbonyl (C=O) groups excluding carboxylic acids is 1. The summed E-state index contributed by atoms with van der Waals surface area (Å²) < 4.78 is 5.15. The number of anilines is 1. The SMILES string of the molecule is COc1cc(C#N)ccc1NC(=O)CCC(C)C. The first-order chi connectivity index (χ1) is 8.56. The maximum Gasteiger partial charge on any atom is 0.224 e. The molecule has 0 aliphatic rings. The summed E-state index contributed by atoms with van der Waals surface area (Å²) in [5, 5.41) is 11.6. The quantitative estimate of drug-likeness (QED) is 0.868. The molecule has 0 aliphatic carbocycles. The van der Waals surface area contributed by atoms with Gasteiger partial charge in [-0.15, -0.1) is 0 Å². The number of benzene rings is 1. The minimum atomic E-state index is -0.0355. The van der Waals surface area contributed by atoms with Gasteiger partial charge in [-0.3, -0.25) is 4.79 Å². The van der Waals surface area contributed by atoms with Gasteiger partial charge in [-0.1, -0.05) is 13.8 Å². The summed E-state index contributed by atoms with van der Waals surface area (Å²) in [6.07, 6.45) is 1.34. The number of methoxy groups -OCH3 is 1. The van der Waals surface area contributed by atoms with Gasteiger partial charge >= 0.3 is 0 Å². The number of ether oxygens (including phenoxy) is 1. The number of hydrogen-bond donors (Lipinski definition) is 1. The molecule has 1 rings (SSSR count). The highest BCUT2D eigenvalue weighted by Gasteiger charge is 2.09. The molecule has 0 atom stereocenters. The number of amides is 1. The van der Waals surface area contributed by atoms with Crippen molar-refractivity contribution >= 4 is 11.6 Å². The van der Waals surface area contributed by atoms with Crippen molar-refractivity contribution in [1.29, 1.82) is 5.26 Å². The second-order valence-electron chi connectivity index (χ2n) is 4.51. The fourth-order valence-electron chi connectivity index (χ4n) is 1.50. The van der Waals surface area contributed by atoms with Gasteiger partial charge in [-0.2, -0.15) is 5.26 Å². The Morgan fingerprint density at radius 3 is 2.78 bits per heavy atom. The highest BCUT2D eigenvalue weighted by atomic mass is 16.5. The zero-order valence-electron chi connectivity index (χ0n) is 11.0. The predicted octanol–water partition coefficient (Wildman–Crippen LogP) is 2.94. The zero-order valence-corrected chi connectivity index (χ0v) is 11.0. The van der Waals surface area contributed by atoms with E-state index in [0.29, 0.717) is 29.3 Å². The second kappa shape index (κ2) is 6.65. The molecule has 0 bridgehead atoms. The molecule has 18 heavy (non-hydrogen) atoms. The van der Waals surface area contributed by atoms with E-state index in [1.165, 1.54) is 7.11 Å². The third-order valence-corrected chi connectivity index (χ3v) is 2.55. The van der Waals surface area contributed by atoms with Gasteiger partial charge in [-0.05, 0) is 24.5 Å². The van der Waals surface area contributed by atoms with Crippen LogP contribution in [0.5, 0.6) is 5.75 Å². The van der Waals surface area contributed by atoms with Crippen molar-refractivity contribution in [2.24, 2.45) is 5.92 Å². The molecule has 4 heteroatoms. The summed E-state index contributed by atoms with van der Waals surface area (Å²) in [6, 6.07) is 6.98. The minimum absolute atomic E-state index is 0.0355. The molecule has 0 fully saturated rings. The van der Waals surface area contributed by atoms with Gasteiger partial charge in [0.1, 0.15) is 5.75 Å². The largest absolute Gasteiger partial charge is 0.495 e. The lowest BCUT2D eigenvalue weighted by atomic mass is 10.1. The molecular weight excluding hydrogens is 228 g/mol.